The summed E-state index contributed by atoms with van der Waals surface area (Å²) in [4.78, 5) is 0. The first-order chi connectivity index (χ1) is 6.45. The van der Waals surface area contributed by atoms with Gasteiger partial charge in [-0.3, -0.25) is 0 Å². The first-order valence-corrected chi connectivity index (χ1v) is 5.92. The van der Waals surface area contributed by atoms with Gasteiger partial charge in [-0.1, -0.05) is 12.8 Å². The molecule has 13 heavy (non-hydrogen) atoms. The van der Waals surface area contributed by atoms with Crippen molar-refractivity contribution < 1.29 is 0 Å². The number of rotatable bonds is 2. The van der Waals surface area contributed by atoms with Crippen LogP contribution < -0.4 is 10.6 Å². The smallest absolute Gasteiger partial charge is 0.0207 e. The predicted molar refractivity (Wildman–Crippen MR) is 53.6 cm³/mol. The second kappa shape index (κ2) is 3.25. The van der Waals surface area contributed by atoms with E-state index in [2.05, 4.69) is 10.6 Å². The van der Waals surface area contributed by atoms with Gasteiger partial charge >= 0.3 is 0 Å². The second-order valence-corrected chi connectivity index (χ2v) is 4.99. The third kappa shape index (κ3) is 1.50. The van der Waals surface area contributed by atoms with E-state index in [0.717, 1.165) is 23.9 Å². The summed E-state index contributed by atoms with van der Waals surface area (Å²) < 4.78 is 0. The van der Waals surface area contributed by atoms with Crippen molar-refractivity contribution >= 4 is 0 Å². The lowest BCUT2D eigenvalue weighted by Crippen LogP contribution is -2.34. The maximum absolute atomic E-state index is 3.83. The summed E-state index contributed by atoms with van der Waals surface area (Å²) in [5.41, 5.74) is 0. The Morgan fingerprint density at radius 2 is 1.77 bits per heavy atom. The van der Waals surface area contributed by atoms with E-state index in [-0.39, 0.29) is 0 Å². The normalized spacial score (nSPS) is 48.9. The molecule has 2 saturated carbocycles. The van der Waals surface area contributed by atoms with E-state index in [4.69, 9.17) is 0 Å². The van der Waals surface area contributed by atoms with Crippen LogP contribution in [0.15, 0.2) is 0 Å². The highest BCUT2D eigenvalue weighted by molar-refractivity contribution is 5.06. The molecular formula is C11H20N2. The molecule has 3 fully saturated rings. The number of hydrogen-bond donors (Lipinski definition) is 2. The Labute approximate surface area is 80.5 Å². The summed E-state index contributed by atoms with van der Waals surface area (Å²) in [6.45, 7) is 2.43. The monoisotopic (exact) mass is 180 g/mol. The van der Waals surface area contributed by atoms with E-state index in [1.54, 1.807) is 0 Å². The fraction of sp³-hybridized carbons (Fsp3) is 1.00. The van der Waals surface area contributed by atoms with Crippen molar-refractivity contribution in [3.05, 3.63) is 0 Å². The Bertz CT molecular complexity index is 175. The van der Waals surface area contributed by atoms with Crippen molar-refractivity contribution in [2.24, 2.45) is 11.8 Å². The zero-order valence-corrected chi connectivity index (χ0v) is 8.26. The van der Waals surface area contributed by atoms with Gasteiger partial charge in [0.25, 0.3) is 0 Å². The van der Waals surface area contributed by atoms with E-state index in [0.29, 0.717) is 0 Å². The van der Waals surface area contributed by atoms with Crippen molar-refractivity contribution in [3.8, 4) is 0 Å². The molecule has 2 heteroatoms. The molecule has 3 atom stereocenters. The van der Waals surface area contributed by atoms with Gasteiger partial charge in [-0.2, -0.15) is 0 Å². The lowest BCUT2D eigenvalue weighted by Gasteiger charge is -2.10. The Hall–Kier alpha value is -0.0800. The highest BCUT2D eigenvalue weighted by Crippen LogP contribution is 2.49. The molecule has 0 amide bonds. The van der Waals surface area contributed by atoms with Gasteiger partial charge in [0.2, 0.25) is 0 Å². The highest BCUT2D eigenvalue weighted by Gasteiger charge is 2.50. The highest BCUT2D eigenvalue weighted by atomic mass is 15.1. The molecule has 1 aliphatic heterocycles. The molecule has 0 aromatic rings. The Balaban J connectivity index is 1.51. The molecule has 0 bridgehead atoms. The summed E-state index contributed by atoms with van der Waals surface area (Å²) in [6, 6.07) is 1.70. The predicted octanol–water partition coefficient (Wildman–Crippen LogP) is 1.13. The van der Waals surface area contributed by atoms with Crippen LogP contribution in [0.25, 0.3) is 0 Å². The zero-order chi connectivity index (χ0) is 8.67. The zero-order valence-electron chi connectivity index (χ0n) is 8.26. The molecule has 0 spiro atoms. The van der Waals surface area contributed by atoms with Gasteiger partial charge < -0.3 is 10.6 Å². The van der Waals surface area contributed by atoms with Crippen molar-refractivity contribution in [2.75, 3.05) is 13.1 Å². The molecule has 0 radical (unpaired) electrons. The molecule has 3 aliphatic rings. The number of fused-ring (bicyclic) bond motifs is 1. The van der Waals surface area contributed by atoms with Crippen LogP contribution >= 0.6 is 0 Å². The van der Waals surface area contributed by atoms with Gasteiger partial charge in [-0.15, -0.1) is 0 Å². The van der Waals surface area contributed by atoms with Crippen molar-refractivity contribution in [1.82, 2.24) is 10.6 Å². The lowest BCUT2D eigenvalue weighted by molar-refractivity contribution is 0.480. The average Bonchev–Trinajstić information content (AvgIpc) is 2.60. The molecule has 0 aromatic heterocycles. The van der Waals surface area contributed by atoms with E-state index in [9.17, 15) is 0 Å². The summed E-state index contributed by atoms with van der Waals surface area (Å²) in [6.07, 6.45) is 7.32. The van der Waals surface area contributed by atoms with Crippen LogP contribution in [-0.2, 0) is 0 Å². The van der Waals surface area contributed by atoms with Gasteiger partial charge in [0.05, 0.1) is 0 Å². The summed E-state index contributed by atoms with van der Waals surface area (Å²) in [5, 5.41) is 7.26. The molecular weight excluding hydrogens is 160 g/mol. The second-order valence-electron chi connectivity index (χ2n) is 4.99. The molecule has 0 aromatic carbocycles. The number of nitrogens with one attached hydrogen (secondary N) is 2. The molecule has 1 saturated heterocycles. The van der Waals surface area contributed by atoms with Gasteiger partial charge in [0.15, 0.2) is 0 Å². The fourth-order valence-corrected chi connectivity index (χ4v) is 3.31. The SMILES string of the molecule is C1CCC2C(C1)C2NC1CCNC1. The average molecular weight is 180 g/mol. The largest absolute Gasteiger partial charge is 0.315 e. The van der Waals surface area contributed by atoms with Crippen LogP contribution in [0.2, 0.25) is 0 Å². The lowest BCUT2D eigenvalue weighted by atomic mass is 10.0. The van der Waals surface area contributed by atoms with Crippen LogP contribution in [0.3, 0.4) is 0 Å². The van der Waals surface area contributed by atoms with Crippen LogP contribution in [0, 0.1) is 11.8 Å². The van der Waals surface area contributed by atoms with Crippen LogP contribution in [-0.4, -0.2) is 25.2 Å². The molecule has 74 valence electrons. The first kappa shape index (κ1) is 8.25. The summed E-state index contributed by atoms with van der Waals surface area (Å²) in [7, 11) is 0. The fourth-order valence-electron chi connectivity index (χ4n) is 3.31. The minimum atomic E-state index is 0.788. The summed E-state index contributed by atoms with van der Waals surface area (Å²) in [5.74, 6) is 2.13. The van der Waals surface area contributed by atoms with E-state index in [1.165, 1.54) is 45.2 Å². The van der Waals surface area contributed by atoms with Gasteiger partial charge in [0.1, 0.15) is 0 Å². The topological polar surface area (TPSA) is 24.1 Å². The van der Waals surface area contributed by atoms with Crippen molar-refractivity contribution in [2.45, 2.75) is 44.2 Å². The van der Waals surface area contributed by atoms with Crippen LogP contribution in [0.5, 0.6) is 0 Å². The van der Waals surface area contributed by atoms with Gasteiger partial charge in [0, 0.05) is 18.6 Å². The standard InChI is InChI=1S/C11H20N2/c1-2-4-10-9(3-1)11(10)13-8-5-6-12-7-8/h8-13H,1-7H2. The Morgan fingerprint density at radius 1 is 1.00 bits per heavy atom. The minimum absolute atomic E-state index is 0.788. The molecule has 3 unspecified atom stereocenters. The quantitative estimate of drug-likeness (QED) is 0.665. The molecule has 2 N–H and O–H groups in total. The van der Waals surface area contributed by atoms with E-state index in [1.807, 2.05) is 0 Å². The van der Waals surface area contributed by atoms with Crippen molar-refractivity contribution in [1.29, 1.82) is 0 Å². The Kier molecular flexibility index (Phi) is 2.06. The third-order valence-corrected chi connectivity index (χ3v) is 4.14. The minimum Gasteiger partial charge on any atom is -0.315 e. The van der Waals surface area contributed by atoms with E-state index >= 15 is 0 Å². The van der Waals surface area contributed by atoms with E-state index < -0.39 is 0 Å². The molecule has 1 heterocycles. The molecule has 2 nitrogen and oxygen atoms in total. The van der Waals surface area contributed by atoms with Gasteiger partial charge in [-0.05, 0) is 37.6 Å². The number of hydrogen-bond acceptors (Lipinski definition) is 2. The maximum atomic E-state index is 3.83. The van der Waals surface area contributed by atoms with Crippen molar-refractivity contribution in [3.63, 3.8) is 0 Å². The van der Waals surface area contributed by atoms with Gasteiger partial charge in [-0.25, -0.2) is 0 Å². The maximum Gasteiger partial charge on any atom is 0.0207 e. The summed E-state index contributed by atoms with van der Waals surface area (Å²) >= 11 is 0. The third-order valence-electron chi connectivity index (χ3n) is 4.14. The molecule has 2 aliphatic carbocycles. The molecule has 3 rings (SSSR count). The van der Waals surface area contributed by atoms with Crippen LogP contribution in [0.1, 0.15) is 32.1 Å². The van der Waals surface area contributed by atoms with Crippen LogP contribution in [0.4, 0.5) is 0 Å². The Morgan fingerprint density at radius 3 is 2.38 bits per heavy atom. The first-order valence-electron chi connectivity index (χ1n) is 5.92.